The van der Waals surface area contributed by atoms with Gasteiger partial charge in [0.25, 0.3) is 0 Å². The Morgan fingerprint density at radius 1 is 1.14 bits per heavy atom. The highest BCUT2D eigenvalue weighted by atomic mass is 32.1. The van der Waals surface area contributed by atoms with Crippen LogP contribution in [-0.4, -0.2) is 54.0 Å². The minimum Gasteiger partial charge on any atom is -0.497 e. The Bertz CT molecular complexity index is 915. The van der Waals surface area contributed by atoms with Crippen molar-refractivity contribution in [3.05, 3.63) is 57.0 Å². The van der Waals surface area contributed by atoms with E-state index < -0.39 is 0 Å². The van der Waals surface area contributed by atoms with Crippen molar-refractivity contribution < 1.29 is 9.53 Å². The summed E-state index contributed by atoms with van der Waals surface area (Å²) in [5.41, 5.74) is 2.06. The number of hydrogen-bond acceptors (Lipinski definition) is 6. The number of methoxy groups -OCH3 is 1. The maximum absolute atomic E-state index is 12.4. The lowest BCUT2D eigenvalue weighted by Crippen LogP contribution is -2.48. The van der Waals surface area contributed by atoms with Gasteiger partial charge in [0, 0.05) is 42.0 Å². The van der Waals surface area contributed by atoms with E-state index >= 15 is 0 Å². The first-order valence-electron chi connectivity index (χ1n) is 9.32. The van der Waals surface area contributed by atoms with Crippen LogP contribution in [0.3, 0.4) is 0 Å². The van der Waals surface area contributed by atoms with Gasteiger partial charge in [-0.3, -0.25) is 9.69 Å². The molecule has 5 nitrogen and oxygen atoms in total. The quantitative estimate of drug-likeness (QED) is 0.617. The van der Waals surface area contributed by atoms with E-state index in [0.29, 0.717) is 6.42 Å². The molecule has 0 aliphatic carbocycles. The van der Waals surface area contributed by atoms with E-state index in [0.717, 1.165) is 59.6 Å². The minimum atomic E-state index is 0.233. The van der Waals surface area contributed by atoms with Crippen molar-refractivity contribution in [1.29, 1.82) is 0 Å². The normalized spacial score (nSPS) is 15.0. The molecule has 1 fully saturated rings. The van der Waals surface area contributed by atoms with Crippen molar-refractivity contribution in [2.45, 2.75) is 13.0 Å². The number of carbonyl (C=O) groups excluding carboxylic acids is 1. The number of thiophene rings is 1. The molecule has 0 spiro atoms. The molecule has 28 heavy (non-hydrogen) atoms. The van der Waals surface area contributed by atoms with Crippen LogP contribution >= 0.6 is 22.7 Å². The Kier molecular flexibility index (Phi) is 6.04. The van der Waals surface area contributed by atoms with Gasteiger partial charge < -0.3 is 9.64 Å². The van der Waals surface area contributed by atoms with Crippen LogP contribution in [0.1, 0.15) is 9.88 Å². The van der Waals surface area contributed by atoms with Gasteiger partial charge in [-0.05, 0) is 23.6 Å². The number of carbonyl (C=O) groups is 1. The molecule has 146 valence electrons. The average molecular weight is 414 g/mol. The number of aromatic nitrogens is 1. The largest absolute Gasteiger partial charge is 0.497 e. The Balaban J connectivity index is 1.30. The van der Waals surface area contributed by atoms with Gasteiger partial charge in [-0.2, -0.15) is 0 Å². The van der Waals surface area contributed by atoms with Crippen LogP contribution in [0.2, 0.25) is 0 Å². The van der Waals surface area contributed by atoms with Crippen molar-refractivity contribution in [3.8, 4) is 17.0 Å². The van der Waals surface area contributed by atoms with Crippen molar-refractivity contribution in [1.82, 2.24) is 14.8 Å². The predicted octanol–water partition coefficient (Wildman–Crippen LogP) is 3.77. The first-order chi connectivity index (χ1) is 13.7. The third-order valence-electron chi connectivity index (χ3n) is 4.91. The summed E-state index contributed by atoms with van der Waals surface area (Å²) >= 11 is 3.34. The van der Waals surface area contributed by atoms with Crippen LogP contribution in [0.25, 0.3) is 11.3 Å². The number of thiazole rings is 1. The van der Waals surface area contributed by atoms with Crippen LogP contribution < -0.4 is 4.74 Å². The highest BCUT2D eigenvalue weighted by molar-refractivity contribution is 7.10. The van der Waals surface area contributed by atoms with E-state index in [1.54, 1.807) is 29.8 Å². The number of benzene rings is 1. The molecular weight excluding hydrogens is 390 g/mol. The summed E-state index contributed by atoms with van der Waals surface area (Å²) < 4.78 is 5.30. The number of nitrogens with zero attached hydrogens (tertiary/aromatic N) is 3. The fraction of sp³-hybridized carbons (Fsp3) is 0.333. The summed E-state index contributed by atoms with van der Waals surface area (Å²) in [6.45, 7) is 4.20. The molecule has 0 atom stereocenters. The zero-order valence-electron chi connectivity index (χ0n) is 15.8. The molecule has 0 N–H and O–H groups in total. The SMILES string of the molecule is COc1cccc(-c2csc(CN3CCN(C(=O)Cc4cccs4)CC3)n2)c1. The minimum absolute atomic E-state index is 0.233. The lowest BCUT2D eigenvalue weighted by atomic mass is 10.2. The number of rotatable bonds is 6. The fourth-order valence-corrected chi connectivity index (χ4v) is 4.86. The lowest BCUT2D eigenvalue weighted by Gasteiger charge is -2.34. The van der Waals surface area contributed by atoms with Gasteiger partial charge in [0.1, 0.15) is 10.8 Å². The van der Waals surface area contributed by atoms with Gasteiger partial charge in [0.2, 0.25) is 5.91 Å². The summed E-state index contributed by atoms with van der Waals surface area (Å²) in [5.74, 6) is 1.08. The topological polar surface area (TPSA) is 45.7 Å². The van der Waals surface area contributed by atoms with E-state index in [4.69, 9.17) is 9.72 Å². The molecule has 7 heteroatoms. The van der Waals surface area contributed by atoms with Gasteiger partial charge in [0.15, 0.2) is 0 Å². The third kappa shape index (κ3) is 4.60. The van der Waals surface area contributed by atoms with Crippen molar-refractivity contribution in [2.24, 2.45) is 0 Å². The molecule has 0 saturated carbocycles. The smallest absolute Gasteiger partial charge is 0.227 e. The first kappa shape index (κ1) is 19.1. The van der Waals surface area contributed by atoms with Crippen LogP contribution in [0.5, 0.6) is 5.75 Å². The van der Waals surface area contributed by atoms with Crippen LogP contribution in [-0.2, 0) is 17.8 Å². The molecule has 1 amide bonds. The Morgan fingerprint density at radius 2 is 2.00 bits per heavy atom. The van der Waals surface area contributed by atoms with Crippen LogP contribution in [0.4, 0.5) is 0 Å². The third-order valence-corrected chi connectivity index (χ3v) is 6.62. The van der Waals surface area contributed by atoms with Gasteiger partial charge >= 0.3 is 0 Å². The number of ether oxygens (including phenoxy) is 1. The Morgan fingerprint density at radius 3 is 2.75 bits per heavy atom. The Labute approximate surface area is 173 Å². The number of piperazine rings is 1. The molecule has 1 aliphatic rings. The molecule has 1 aliphatic heterocycles. The second kappa shape index (κ2) is 8.86. The molecule has 3 heterocycles. The van der Waals surface area contributed by atoms with Gasteiger partial charge in [0.05, 0.1) is 25.8 Å². The average Bonchev–Trinajstić information content (AvgIpc) is 3.41. The highest BCUT2D eigenvalue weighted by Crippen LogP contribution is 2.26. The molecule has 3 aromatic rings. The van der Waals surface area contributed by atoms with E-state index in [1.165, 1.54) is 0 Å². The highest BCUT2D eigenvalue weighted by Gasteiger charge is 2.22. The number of amides is 1. The maximum Gasteiger partial charge on any atom is 0.227 e. The summed E-state index contributed by atoms with van der Waals surface area (Å²) in [6, 6.07) is 12.0. The summed E-state index contributed by atoms with van der Waals surface area (Å²) in [4.78, 5) is 22.7. The molecule has 0 unspecified atom stereocenters. The molecular formula is C21H23N3O2S2. The first-order valence-corrected chi connectivity index (χ1v) is 11.1. The summed E-state index contributed by atoms with van der Waals surface area (Å²) in [7, 11) is 1.68. The van der Waals surface area contributed by atoms with Crippen molar-refractivity contribution in [3.63, 3.8) is 0 Å². The number of hydrogen-bond donors (Lipinski definition) is 0. The molecule has 2 aromatic heterocycles. The summed E-state index contributed by atoms with van der Waals surface area (Å²) in [5, 5.41) is 5.23. The van der Waals surface area contributed by atoms with Crippen LogP contribution in [0.15, 0.2) is 47.2 Å². The predicted molar refractivity (Wildman–Crippen MR) is 114 cm³/mol. The molecule has 0 radical (unpaired) electrons. The lowest BCUT2D eigenvalue weighted by molar-refractivity contribution is -0.132. The van der Waals surface area contributed by atoms with Gasteiger partial charge in [-0.1, -0.05) is 18.2 Å². The van der Waals surface area contributed by atoms with Gasteiger partial charge in [-0.25, -0.2) is 4.98 Å². The van der Waals surface area contributed by atoms with Crippen molar-refractivity contribution >= 4 is 28.6 Å². The Hall–Kier alpha value is -2.22. The molecule has 1 saturated heterocycles. The van der Waals surface area contributed by atoms with Crippen LogP contribution in [0, 0.1) is 0 Å². The van der Waals surface area contributed by atoms with E-state index in [1.807, 2.05) is 40.6 Å². The maximum atomic E-state index is 12.4. The second-order valence-corrected chi connectivity index (χ2v) is 8.75. The zero-order chi connectivity index (χ0) is 19.3. The fourth-order valence-electron chi connectivity index (χ4n) is 3.32. The van der Waals surface area contributed by atoms with E-state index in [9.17, 15) is 4.79 Å². The van der Waals surface area contributed by atoms with E-state index in [2.05, 4.69) is 16.3 Å². The summed E-state index contributed by atoms with van der Waals surface area (Å²) in [6.07, 6.45) is 0.522. The molecule has 1 aromatic carbocycles. The molecule has 0 bridgehead atoms. The zero-order valence-corrected chi connectivity index (χ0v) is 17.5. The molecule has 4 rings (SSSR count). The van der Waals surface area contributed by atoms with Gasteiger partial charge in [-0.15, -0.1) is 22.7 Å². The van der Waals surface area contributed by atoms with E-state index in [-0.39, 0.29) is 5.91 Å². The standard InChI is InChI=1S/C21H23N3O2S2/c1-26-17-5-2-4-16(12-17)19-15-28-20(22-19)14-23-7-9-24(10-8-23)21(25)13-18-6-3-11-27-18/h2-6,11-12,15H,7-10,13-14H2,1H3. The second-order valence-electron chi connectivity index (χ2n) is 6.77. The van der Waals surface area contributed by atoms with Crippen molar-refractivity contribution in [2.75, 3.05) is 33.3 Å². The monoisotopic (exact) mass is 413 g/mol.